The van der Waals surface area contributed by atoms with E-state index in [0.29, 0.717) is 46.8 Å². The Morgan fingerprint density at radius 3 is 2.91 bits per heavy atom. The van der Waals surface area contributed by atoms with Crippen molar-refractivity contribution < 1.29 is 14.3 Å². The van der Waals surface area contributed by atoms with Crippen LogP contribution in [0.2, 0.25) is 5.02 Å². The van der Waals surface area contributed by atoms with Gasteiger partial charge in [-0.25, -0.2) is 9.97 Å². The predicted molar refractivity (Wildman–Crippen MR) is 123 cm³/mol. The highest BCUT2D eigenvalue weighted by Gasteiger charge is 2.27. The molecule has 2 aromatic heterocycles. The minimum atomic E-state index is -0.188. The van der Waals surface area contributed by atoms with Gasteiger partial charge in [-0.2, -0.15) is 0 Å². The van der Waals surface area contributed by atoms with E-state index in [4.69, 9.17) is 21.1 Å². The molecule has 10 heteroatoms. The maximum absolute atomic E-state index is 12.7. The van der Waals surface area contributed by atoms with Crippen molar-refractivity contribution in [3.05, 3.63) is 29.7 Å². The lowest BCUT2D eigenvalue weighted by Gasteiger charge is -2.28. The molecule has 2 aliphatic rings. The minimum absolute atomic E-state index is 0.0277. The van der Waals surface area contributed by atoms with Crippen LogP contribution in [0.1, 0.15) is 19.3 Å². The van der Waals surface area contributed by atoms with Crippen LogP contribution in [-0.2, 0) is 14.3 Å². The molecule has 2 aliphatic heterocycles. The zero-order valence-electron chi connectivity index (χ0n) is 18.1. The largest absolute Gasteiger partial charge is 0.381 e. The fourth-order valence-electron chi connectivity index (χ4n) is 3.99. The molecule has 1 amide bonds. The first-order valence-electron chi connectivity index (χ1n) is 11.0. The molecule has 4 rings (SSSR count). The molecule has 0 aliphatic carbocycles. The number of ether oxygens (including phenoxy) is 2. The first-order valence-corrected chi connectivity index (χ1v) is 11.3. The fraction of sp³-hybridized carbons (Fsp3) is 0.545. The van der Waals surface area contributed by atoms with Crippen LogP contribution in [0.3, 0.4) is 0 Å². The molecule has 0 radical (unpaired) electrons. The van der Waals surface area contributed by atoms with Crippen molar-refractivity contribution in [2.24, 2.45) is 11.8 Å². The molecule has 32 heavy (non-hydrogen) atoms. The number of halogens is 1. The van der Waals surface area contributed by atoms with E-state index in [0.717, 1.165) is 39.1 Å². The van der Waals surface area contributed by atoms with Crippen LogP contribution in [0.15, 0.2) is 24.7 Å². The number of carbonyl (C=O) groups excluding carboxylic acids is 1. The third-order valence-corrected chi connectivity index (χ3v) is 6.25. The highest BCUT2D eigenvalue weighted by Crippen LogP contribution is 2.29. The topological polar surface area (TPSA) is 110 Å². The number of methoxy groups -OCH3 is 1. The van der Waals surface area contributed by atoms with Gasteiger partial charge in [0.15, 0.2) is 0 Å². The summed E-state index contributed by atoms with van der Waals surface area (Å²) < 4.78 is 10.8. The summed E-state index contributed by atoms with van der Waals surface area (Å²) in [5.41, 5.74) is 1.28. The Morgan fingerprint density at radius 2 is 2.09 bits per heavy atom. The Bertz CT molecular complexity index is 924. The first-order chi connectivity index (χ1) is 15.6. The van der Waals surface area contributed by atoms with E-state index in [1.54, 1.807) is 25.6 Å². The van der Waals surface area contributed by atoms with Crippen LogP contribution in [0.25, 0.3) is 11.3 Å². The van der Waals surface area contributed by atoms with Crippen LogP contribution in [0, 0.1) is 11.8 Å². The number of hydrogen-bond acceptors (Lipinski definition) is 8. The number of piperidine rings is 1. The van der Waals surface area contributed by atoms with Gasteiger partial charge in [-0.15, -0.1) is 0 Å². The lowest BCUT2D eigenvalue weighted by atomic mass is 9.96. The van der Waals surface area contributed by atoms with Gasteiger partial charge in [0, 0.05) is 51.7 Å². The van der Waals surface area contributed by atoms with Crippen molar-refractivity contribution in [2.45, 2.75) is 25.4 Å². The van der Waals surface area contributed by atoms with Crippen molar-refractivity contribution in [3.8, 4) is 11.3 Å². The van der Waals surface area contributed by atoms with Crippen LogP contribution in [-0.4, -0.2) is 66.9 Å². The summed E-state index contributed by atoms with van der Waals surface area (Å²) in [6, 6.07) is 1.73. The van der Waals surface area contributed by atoms with Gasteiger partial charge >= 0.3 is 0 Å². The average molecular weight is 461 g/mol. The molecule has 0 bridgehead atoms. The van der Waals surface area contributed by atoms with E-state index in [1.807, 2.05) is 0 Å². The minimum Gasteiger partial charge on any atom is -0.381 e. The van der Waals surface area contributed by atoms with Crippen LogP contribution in [0.4, 0.5) is 11.6 Å². The Kier molecular flexibility index (Phi) is 7.85. The third kappa shape index (κ3) is 5.92. The monoisotopic (exact) mass is 460 g/mol. The zero-order chi connectivity index (χ0) is 22.3. The van der Waals surface area contributed by atoms with E-state index >= 15 is 0 Å². The first kappa shape index (κ1) is 22.8. The fourth-order valence-corrected chi connectivity index (χ4v) is 4.19. The molecular formula is C22H29ClN6O3. The van der Waals surface area contributed by atoms with Crippen molar-refractivity contribution in [3.63, 3.8) is 0 Å². The van der Waals surface area contributed by atoms with Gasteiger partial charge in [0.2, 0.25) is 5.91 Å². The standard InChI is InChI=1S/C22H29ClN6O3/c1-31-16-6-15(9-24-10-16)22(30)29-20-7-17(18(23)11-27-20)19-12-25-13-21(28-19)26-8-14-2-4-32-5-3-14/h7,11-16,24H,2-6,8-10H2,1H3,(H,26,28)(H,27,29,30)/t15-,16+/m1/s1. The Morgan fingerprint density at radius 1 is 1.25 bits per heavy atom. The van der Waals surface area contributed by atoms with Crippen LogP contribution < -0.4 is 16.0 Å². The number of carbonyl (C=O) groups is 1. The van der Waals surface area contributed by atoms with E-state index in [9.17, 15) is 4.79 Å². The molecule has 0 saturated carbocycles. The van der Waals surface area contributed by atoms with Gasteiger partial charge in [-0.05, 0) is 31.2 Å². The Labute approximate surface area is 192 Å². The van der Waals surface area contributed by atoms with E-state index < -0.39 is 0 Å². The second-order valence-electron chi connectivity index (χ2n) is 8.21. The average Bonchev–Trinajstić information content (AvgIpc) is 2.84. The molecule has 0 unspecified atom stereocenters. The van der Waals surface area contributed by atoms with Crippen molar-refractivity contribution >= 4 is 29.1 Å². The van der Waals surface area contributed by atoms with Crippen LogP contribution in [0.5, 0.6) is 0 Å². The van der Waals surface area contributed by atoms with Crippen molar-refractivity contribution in [1.82, 2.24) is 20.3 Å². The number of aromatic nitrogens is 3. The molecule has 2 fully saturated rings. The van der Waals surface area contributed by atoms with Crippen molar-refractivity contribution in [1.29, 1.82) is 0 Å². The quantitative estimate of drug-likeness (QED) is 0.578. The Balaban J connectivity index is 1.43. The Hall–Kier alpha value is -2.33. The normalized spacial score (nSPS) is 21.8. The molecule has 4 heterocycles. The smallest absolute Gasteiger partial charge is 0.230 e. The summed E-state index contributed by atoms with van der Waals surface area (Å²) in [7, 11) is 1.66. The van der Waals surface area contributed by atoms with Crippen molar-refractivity contribution in [2.75, 3.05) is 50.6 Å². The number of hydrogen-bond donors (Lipinski definition) is 3. The molecule has 9 nitrogen and oxygen atoms in total. The van der Waals surface area contributed by atoms with E-state index in [-0.39, 0.29) is 17.9 Å². The second-order valence-corrected chi connectivity index (χ2v) is 8.62. The summed E-state index contributed by atoms with van der Waals surface area (Å²) in [6.45, 7) is 3.80. The van der Waals surface area contributed by atoms with Gasteiger partial charge in [-0.1, -0.05) is 11.6 Å². The lowest BCUT2D eigenvalue weighted by Crippen LogP contribution is -2.44. The second kappa shape index (κ2) is 11.0. The van der Waals surface area contributed by atoms with Gasteiger partial charge < -0.3 is 25.4 Å². The SMILES string of the molecule is CO[C@@H]1CNC[C@H](C(=O)Nc2cc(-c3cncc(NCC4CCOCC4)n3)c(Cl)cn2)C1. The zero-order valence-corrected chi connectivity index (χ0v) is 18.9. The molecule has 3 N–H and O–H groups in total. The maximum atomic E-state index is 12.7. The van der Waals surface area contributed by atoms with E-state index in [2.05, 4.69) is 30.9 Å². The summed E-state index contributed by atoms with van der Waals surface area (Å²) in [4.78, 5) is 26.0. The highest BCUT2D eigenvalue weighted by atomic mass is 35.5. The van der Waals surface area contributed by atoms with Gasteiger partial charge in [0.1, 0.15) is 11.6 Å². The number of nitrogens with one attached hydrogen (secondary N) is 3. The number of anilines is 2. The molecule has 0 spiro atoms. The number of rotatable bonds is 7. The van der Waals surface area contributed by atoms with Gasteiger partial charge in [0.05, 0.1) is 35.1 Å². The molecular weight excluding hydrogens is 432 g/mol. The summed E-state index contributed by atoms with van der Waals surface area (Å²) in [5.74, 6) is 1.39. The molecule has 2 atom stereocenters. The summed E-state index contributed by atoms with van der Waals surface area (Å²) in [6.07, 6.45) is 7.65. The number of amides is 1. The molecule has 2 saturated heterocycles. The molecule has 0 aromatic carbocycles. The van der Waals surface area contributed by atoms with Gasteiger partial charge in [-0.3, -0.25) is 9.78 Å². The molecule has 2 aromatic rings. The third-order valence-electron chi connectivity index (χ3n) is 5.94. The summed E-state index contributed by atoms with van der Waals surface area (Å²) >= 11 is 6.40. The predicted octanol–water partition coefficient (Wildman–Crippen LogP) is 2.59. The number of pyridine rings is 1. The maximum Gasteiger partial charge on any atom is 0.230 e. The highest BCUT2D eigenvalue weighted by molar-refractivity contribution is 6.33. The number of nitrogens with zero attached hydrogens (tertiary/aromatic N) is 3. The van der Waals surface area contributed by atoms with Gasteiger partial charge in [0.25, 0.3) is 0 Å². The lowest BCUT2D eigenvalue weighted by molar-refractivity contribution is -0.121. The van der Waals surface area contributed by atoms with E-state index in [1.165, 1.54) is 6.20 Å². The van der Waals surface area contributed by atoms with Crippen LogP contribution >= 0.6 is 11.6 Å². The summed E-state index contributed by atoms with van der Waals surface area (Å²) in [5, 5.41) is 9.94. The molecule has 172 valence electrons.